The molecule has 1 aromatic heterocycles. The fourth-order valence-electron chi connectivity index (χ4n) is 2.39. The first-order valence-electron chi connectivity index (χ1n) is 6.33. The topological polar surface area (TPSA) is 45.2 Å². The number of carbonyl (C=O) groups excluding carboxylic acids is 1. The van der Waals surface area contributed by atoms with Crippen LogP contribution in [0, 0.1) is 0 Å². The number of hydrogen-bond donors (Lipinski definition) is 1. The van der Waals surface area contributed by atoms with Gasteiger partial charge in [0.15, 0.2) is 0 Å². The third kappa shape index (κ3) is 2.05. The lowest BCUT2D eigenvalue weighted by Gasteiger charge is -2.17. The van der Waals surface area contributed by atoms with Crippen molar-refractivity contribution in [3.8, 4) is 0 Å². The van der Waals surface area contributed by atoms with Gasteiger partial charge in [0.1, 0.15) is 5.69 Å². The molecule has 1 aromatic carbocycles. The molecule has 19 heavy (non-hydrogen) atoms. The Kier molecular flexibility index (Phi) is 2.91. The predicted octanol–water partition coefficient (Wildman–Crippen LogP) is 2.33. The third-order valence-electron chi connectivity index (χ3n) is 3.40. The van der Waals surface area contributed by atoms with Crippen molar-refractivity contribution in [2.24, 2.45) is 0 Å². The van der Waals surface area contributed by atoms with Crippen LogP contribution in [0.4, 0.5) is 11.4 Å². The number of nitrogens with zero attached hydrogens (tertiary/aromatic N) is 2. The molecule has 0 saturated heterocycles. The minimum Gasteiger partial charge on any atom is -0.388 e. The number of amides is 1. The molecule has 1 N–H and O–H groups in total. The Morgan fingerprint density at radius 1 is 1.32 bits per heavy atom. The molecule has 4 heteroatoms. The summed E-state index contributed by atoms with van der Waals surface area (Å²) in [7, 11) is 1.83. The number of benzene rings is 1. The summed E-state index contributed by atoms with van der Waals surface area (Å²) >= 11 is 0. The number of aromatic nitrogens is 1. The van der Waals surface area contributed by atoms with Crippen molar-refractivity contribution in [2.75, 3.05) is 23.8 Å². The highest BCUT2D eigenvalue weighted by atomic mass is 16.2. The van der Waals surface area contributed by atoms with Crippen LogP contribution in [0.15, 0.2) is 42.6 Å². The first-order valence-corrected chi connectivity index (χ1v) is 6.33. The Balaban J connectivity index is 1.93. The van der Waals surface area contributed by atoms with Crippen LogP contribution in [0.25, 0.3) is 0 Å². The molecule has 4 nitrogen and oxygen atoms in total. The molecule has 0 spiro atoms. The van der Waals surface area contributed by atoms with Gasteiger partial charge in [-0.25, -0.2) is 0 Å². The van der Waals surface area contributed by atoms with Crippen LogP contribution in [0.2, 0.25) is 0 Å². The fraction of sp³-hybridized carbons (Fsp3) is 0.200. The summed E-state index contributed by atoms with van der Waals surface area (Å²) in [6.45, 7) is 0.726. The average Bonchev–Trinajstić information content (AvgIpc) is 2.90. The molecule has 0 saturated carbocycles. The van der Waals surface area contributed by atoms with E-state index in [9.17, 15) is 4.79 Å². The first-order chi connectivity index (χ1) is 9.29. The summed E-state index contributed by atoms with van der Waals surface area (Å²) in [6.07, 6.45) is 2.56. The van der Waals surface area contributed by atoms with Crippen LogP contribution in [0.3, 0.4) is 0 Å². The number of carbonyl (C=O) groups is 1. The molecule has 2 aromatic rings. The van der Waals surface area contributed by atoms with Gasteiger partial charge >= 0.3 is 0 Å². The molecule has 0 fully saturated rings. The molecule has 0 atom stereocenters. The highest BCUT2D eigenvalue weighted by molar-refractivity contribution is 6.06. The molecule has 0 aliphatic carbocycles. The lowest BCUT2D eigenvalue weighted by Crippen LogP contribution is -2.29. The fourth-order valence-corrected chi connectivity index (χ4v) is 2.39. The van der Waals surface area contributed by atoms with E-state index >= 15 is 0 Å². The van der Waals surface area contributed by atoms with E-state index in [1.807, 2.05) is 31.3 Å². The molecule has 2 heterocycles. The molecule has 0 unspecified atom stereocenters. The summed E-state index contributed by atoms with van der Waals surface area (Å²) in [5.74, 6) is -0.0398. The normalized spacial score (nSPS) is 13.2. The number of para-hydroxylation sites is 1. The van der Waals surface area contributed by atoms with Crippen molar-refractivity contribution in [2.45, 2.75) is 6.42 Å². The van der Waals surface area contributed by atoms with Gasteiger partial charge in [-0.1, -0.05) is 18.2 Å². The Bertz CT molecular complexity index is 624. The van der Waals surface area contributed by atoms with Gasteiger partial charge in [-0.05, 0) is 30.2 Å². The molecule has 96 valence electrons. The molecule has 0 bridgehead atoms. The monoisotopic (exact) mass is 253 g/mol. The van der Waals surface area contributed by atoms with Crippen LogP contribution in [0.1, 0.15) is 16.1 Å². The molecule has 1 aliphatic heterocycles. The SMILES string of the molecule is CNc1ccnc(C(=O)N2CCc3ccccc32)c1. The van der Waals surface area contributed by atoms with E-state index in [0.717, 1.165) is 24.3 Å². The minimum atomic E-state index is -0.0398. The zero-order valence-electron chi connectivity index (χ0n) is 10.8. The number of pyridine rings is 1. The predicted molar refractivity (Wildman–Crippen MR) is 75.6 cm³/mol. The van der Waals surface area contributed by atoms with Gasteiger partial charge in [-0.2, -0.15) is 0 Å². The molecular formula is C15H15N3O. The number of fused-ring (bicyclic) bond motifs is 1. The standard InChI is InChI=1S/C15H15N3O/c1-16-12-6-8-17-13(10-12)15(19)18-9-7-11-4-2-3-5-14(11)18/h2-6,8,10H,7,9H2,1H3,(H,16,17). The Labute approximate surface area is 112 Å². The van der Waals surface area contributed by atoms with E-state index in [1.165, 1.54) is 5.56 Å². The zero-order valence-corrected chi connectivity index (χ0v) is 10.8. The molecule has 1 aliphatic rings. The maximum atomic E-state index is 12.5. The van der Waals surface area contributed by atoms with Crippen molar-refractivity contribution < 1.29 is 4.79 Å². The van der Waals surface area contributed by atoms with Crippen molar-refractivity contribution in [3.63, 3.8) is 0 Å². The highest BCUT2D eigenvalue weighted by Gasteiger charge is 2.25. The number of nitrogens with one attached hydrogen (secondary N) is 1. The van der Waals surface area contributed by atoms with Crippen molar-refractivity contribution in [1.29, 1.82) is 0 Å². The lowest BCUT2D eigenvalue weighted by atomic mass is 10.2. The highest BCUT2D eigenvalue weighted by Crippen LogP contribution is 2.28. The average molecular weight is 253 g/mol. The van der Waals surface area contributed by atoms with Gasteiger partial charge in [0.2, 0.25) is 0 Å². The Hall–Kier alpha value is -2.36. The van der Waals surface area contributed by atoms with Gasteiger partial charge in [0.05, 0.1) is 0 Å². The van der Waals surface area contributed by atoms with Crippen LogP contribution < -0.4 is 10.2 Å². The van der Waals surface area contributed by atoms with Gasteiger partial charge < -0.3 is 10.2 Å². The summed E-state index contributed by atoms with van der Waals surface area (Å²) in [6, 6.07) is 11.6. The maximum Gasteiger partial charge on any atom is 0.276 e. The maximum absolute atomic E-state index is 12.5. The summed E-state index contributed by atoms with van der Waals surface area (Å²) < 4.78 is 0. The smallest absolute Gasteiger partial charge is 0.276 e. The van der Waals surface area contributed by atoms with Crippen molar-refractivity contribution >= 4 is 17.3 Å². The molecule has 3 rings (SSSR count). The Morgan fingerprint density at radius 3 is 3.00 bits per heavy atom. The van der Waals surface area contributed by atoms with E-state index in [0.29, 0.717) is 5.69 Å². The van der Waals surface area contributed by atoms with E-state index in [2.05, 4.69) is 16.4 Å². The third-order valence-corrected chi connectivity index (χ3v) is 3.40. The minimum absolute atomic E-state index is 0.0398. The van der Waals surface area contributed by atoms with Crippen molar-refractivity contribution in [3.05, 3.63) is 53.9 Å². The number of anilines is 2. The second-order valence-corrected chi connectivity index (χ2v) is 4.52. The van der Waals surface area contributed by atoms with Gasteiger partial charge in [-0.15, -0.1) is 0 Å². The molecular weight excluding hydrogens is 238 g/mol. The lowest BCUT2D eigenvalue weighted by molar-refractivity contribution is 0.0984. The van der Waals surface area contributed by atoms with Crippen LogP contribution in [-0.4, -0.2) is 24.5 Å². The van der Waals surface area contributed by atoms with Crippen molar-refractivity contribution in [1.82, 2.24) is 4.98 Å². The summed E-state index contributed by atoms with van der Waals surface area (Å²) in [4.78, 5) is 18.5. The van der Waals surface area contributed by atoms with Crippen LogP contribution in [0.5, 0.6) is 0 Å². The second kappa shape index (κ2) is 4.72. The first kappa shape index (κ1) is 11.7. The van der Waals surface area contributed by atoms with Gasteiger partial charge in [-0.3, -0.25) is 9.78 Å². The van der Waals surface area contributed by atoms with Crippen LogP contribution in [-0.2, 0) is 6.42 Å². The van der Waals surface area contributed by atoms with Gasteiger partial charge in [0, 0.05) is 31.2 Å². The zero-order chi connectivity index (χ0) is 13.2. The van der Waals surface area contributed by atoms with E-state index < -0.39 is 0 Å². The largest absolute Gasteiger partial charge is 0.388 e. The number of rotatable bonds is 2. The quantitative estimate of drug-likeness (QED) is 0.893. The van der Waals surface area contributed by atoms with Gasteiger partial charge in [0.25, 0.3) is 5.91 Å². The molecule has 0 radical (unpaired) electrons. The van der Waals surface area contributed by atoms with Crippen LogP contribution >= 0.6 is 0 Å². The van der Waals surface area contributed by atoms with E-state index in [1.54, 1.807) is 17.2 Å². The van der Waals surface area contributed by atoms with E-state index in [4.69, 9.17) is 0 Å². The summed E-state index contributed by atoms with van der Waals surface area (Å²) in [5, 5.41) is 3.02. The summed E-state index contributed by atoms with van der Waals surface area (Å²) in [5.41, 5.74) is 3.60. The second-order valence-electron chi connectivity index (χ2n) is 4.52. The number of hydrogen-bond acceptors (Lipinski definition) is 3. The molecule has 1 amide bonds. The van der Waals surface area contributed by atoms with E-state index in [-0.39, 0.29) is 5.91 Å². The Morgan fingerprint density at radius 2 is 2.16 bits per heavy atom.